The first-order chi connectivity index (χ1) is 9.69. The zero-order valence-electron chi connectivity index (χ0n) is 12.1. The van der Waals surface area contributed by atoms with E-state index in [0.717, 1.165) is 0 Å². The normalized spacial score (nSPS) is 38.8. The molecule has 1 aromatic carbocycles. The lowest BCUT2D eigenvalue weighted by molar-refractivity contribution is -0.118. The molecule has 0 heterocycles. The number of phenols is 2. The SMILES string of the molecule is C[C@@]12c3ccc(O)c(O)c3C(=O)C[C@H]1[C@](C)(O)CC[C@H]2O. The summed E-state index contributed by atoms with van der Waals surface area (Å²) in [6.45, 7) is 3.51. The molecule has 1 fully saturated rings. The van der Waals surface area contributed by atoms with Gasteiger partial charge in [-0.3, -0.25) is 4.79 Å². The van der Waals surface area contributed by atoms with Crippen LogP contribution >= 0.6 is 0 Å². The van der Waals surface area contributed by atoms with Crippen LogP contribution in [-0.2, 0) is 5.41 Å². The number of aliphatic hydroxyl groups excluding tert-OH is 1. The fraction of sp³-hybridized carbons (Fsp3) is 0.562. The first kappa shape index (κ1) is 14.4. The Labute approximate surface area is 122 Å². The fourth-order valence-corrected chi connectivity index (χ4v) is 4.18. The van der Waals surface area contributed by atoms with Gasteiger partial charge in [0.25, 0.3) is 0 Å². The smallest absolute Gasteiger partial charge is 0.168 e. The molecule has 2 aliphatic carbocycles. The van der Waals surface area contributed by atoms with Gasteiger partial charge >= 0.3 is 0 Å². The first-order valence-electron chi connectivity index (χ1n) is 7.18. The van der Waals surface area contributed by atoms with Crippen molar-refractivity contribution in [2.45, 2.75) is 50.2 Å². The van der Waals surface area contributed by atoms with Crippen LogP contribution in [0.15, 0.2) is 12.1 Å². The monoisotopic (exact) mass is 292 g/mol. The second-order valence-corrected chi connectivity index (χ2v) is 6.73. The van der Waals surface area contributed by atoms with Crippen LogP contribution in [0.4, 0.5) is 0 Å². The molecule has 5 heteroatoms. The zero-order valence-corrected chi connectivity index (χ0v) is 12.1. The number of rotatable bonds is 0. The van der Waals surface area contributed by atoms with Gasteiger partial charge in [0.2, 0.25) is 0 Å². The summed E-state index contributed by atoms with van der Waals surface area (Å²) in [6.07, 6.45) is 0.194. The van der Waals surface area contributed by atoms with Gasteiger partial charge in [0.05, 0.1) is 17.3 Å². The number of aliphatic hydroxyl groups is 2. The average molecular weight is 292 g/mol. The molecule has 0 spiro atoms. The largest absolute Gasteiger partial charge is 0.504 e. The highest BCUT2D eigenvalue weighted by Gasteiger charge is 2.57. The second kappa shape index (κ2) is 4.21. The molecule has 114 valence electrons. The van der Waals surface area contributed by atoms with Gasteiger partial charge in [-0.1, -0.05) is 13.0 Å². The van der Waals surface area contributed by atoms with Crippen LogP contribution in [0.5, 0.6) is 11.5 Å². The average Bonchev–Trinajstić information content (AvgIpc) is 2.41. The van der Waals surface area contributed by atoms with E-state index in [2.05, 4.69) is 0 Å². The number of phenolic OH excluding ortho intramolecular Hbond substituents is 2. The summed E-state index contributed by atoms with van der Waals surface area (Å²) >= 11 is 0. The summed E-state index contributed by atoms with van der Waals surface area (Å²) in [4.78, 5) is 12.4. The van der Waals surface area contributed by atoms with E-state index in [-0.39, 0.29) is 23.5 Å². The van der Waals surface area contributed by atoms with E-state index < -0.39 is 28.8 Å². The van der Waals surface area contributed by atoms with Gasteiger partial charge < -0.3 is 20.4 Å². The molecule has 4 atom stereocenters. The van der Waals surface area contributed by atoms with Crippen molar-refractivity contribution in [1.82, 2.24) is 0 Å². The summed E-state index contributed by atoms with van der Waals surface area (Å²) in [6, 6.07) is 2.89. The maximum absolute atomic E-state index is 12.4. The third kappa shape index (κ3) is 1.74. The highest BCUT2D eigenvalue weighted by Crippen LogP contribution is 2.55. The van der Waals surface area contributed by atoms with E-state index in [1.54, 1.807) is 13.0 Å². The van der Waals surface area contributed by atoms with Gasteiger partial charge in [-0.15, -0.1) is 0 Å². The Morgan fingerprint density at radius 1 is 1.24 bits per heavy atom. The Morgan fingerprint density at radius 2 is 1.90 bits per heavy atom. The minimum absolute atomic E-state index is 0.0462. The number of carbonyl (C=O) groups excluding carboxylic acids is 1. The lowest BCUT2D eigenvalue weighted by Crippen LogP contribution is -2.60. The molecule has 1 aromatic rings. The summed E-state index contributed by atoms with van der Waals surface area (Å²) in [7, 11) is 0. The molecule has 0 unspecified atom stereocenters. The van der Waals surface area contributed by atoms with Crippen LogP contribution in [0.2, 0.25) is 0 Å². The summed E-state index contributed by atoms with van der Waals surface area (Å²) in [5, 5.41) is 40.8. The minimum Gasteiger partial charge on any atom is -0.504 e. The maximum Gasteiger partial charge on any atom is 0.168 e. The molecule has 5 nitrogen and oxygen atoms in total. The predicted octanol–water partition coefficient (Wildman–Crippen LogP) is 1.46. The number of benzene rings is 1. The molecule has 0 amide bonds. The molecule has 21 heavy (non-hydrogen) atoms. The molecule has 0 radical (unpaired) electrons. The molecule has 0 bridgehead atoms. The van der Waals surface area contributed by atoms with E-state index >= 15 is 0 Å². The van der Waals surface area contributed by atoms with Crippen molar-refractivity contribution in [2.24, 2.45) is 5.92 Å². The Morgan fingerprint density at radius 3 is 2.57 bits per heavy atom. The van der Waals surface area contributed by atoms with E-state index in [1.165, 1.54) is 6.07 Å². The quantitative estimate of drug-likeness (QED) is 0.543. The van der Waals surface area contributed by atoms with E-state index in [1.807, 2.05) is 6.92 Å². The third-order valence-electron chi connectivity index (χ3n) is 5.50. The van der Waals surface area contributed by atoms with Crippen molar-refractivity contribution in [2.75, 3.05) is 0 Å². The molecule has 2 aliphatic rings. The zero-order chi connectivity index (χ0) is 15.6. The van der Waals surface area contributed by atoms with Crippen molar-refractivity contribution in [3.8, 4) is 11.5 Å². The van der Waals surface area contributed by atoms with Crippen molar-refractivity contribution in [1.29, 1.82) is 0 Å². The van der Waals surface area contributed by atoms with Crippen LogP contribution < -0.4 is 0 Å². The van der Waals surface area contributed by atoms with Gasteiger partial charge in [-0.05, 0) is 31.4 Å². The number of aromatic hydroxyl groups is 2. The number of fused-ring (bicyclic) bond motifs is 3. The van der Waals surface area contributed by atoms with Crippen LogP contribution in [0.1, 0.15) is 49.0 Å². The number of hydrogen-bond acceptors (Lipinski definition) is 5. The standard InChI is InChI=1S/C16H20O5/c1-15(21)6-5-12(19)16(2)8-3-4-9(17)14(20)13(8)10(18)7-11(15)16/h3-4,11-12,17,19-21H,5-7H2,1-2H3/t11-,12+,15+,16+/m0/s1. The second-order valence-electron chi connectivity index (χ2n) is 6.73. The lowest BCUT2D eigenvalue weighted by atomic mass is 9.52. The third-order valence-corrected chi connectivity index (χ3v) is 5.50. The summed E-state index contributed by atoms with van der Waals surface area (Å²) in [5.74, 6) is -1.51. The van der Waals surface area contributed by atoms with Gasteiger partial charge in [-0.2, -0.15) is 0 Å². The molecule has 3 rings (SSSR count). The summed E-state index contributed by atoms with van der Waals surface area (Å²) < 4.78 is 0. The van der Waals surface area contributed by atoms with E-state index in [4.69, 9.17) is 0 Å². The van der Waals surface area contributed by atoms with Crippen molar-refractivity contribution < 1.29 is 25.2 Å². The number of ketones is 1. The van der Waals surface area contributed by atoms with Crippen LogP contribution in [-0.4, -0.2) is 37.9 Å². The lowest BCUT2D eigenvalue weighted by Gasteiger charge is -2.54. The minimum atomic E-state index is -1.05. The molecule has 0 aliphatic heterocycles. The van der Waals surface area contributed by atoms with Gasteiger partial charge in [-0.25, -0.2) is 0 Å². The van der Waals surface area contributed by atoms with Crippen LogP contribution in [0.3, 0.4) is 0 Å². The Hall–Kier alpha value is -1.59. The highest BCUT2D eigenvalue weighted by molar-refractivity contribution is 6.02. The van der Waals surface area contributed by atoms with Crippen LogP contribution in [0.25, 0.3) is 0 Å². The van der Waals surface area contributed by atoms with E-state index in [9.17, 15) is 25.2 Å². The molecular formula is C16H20O5. The van der Waals surface area contributed by atoms with Crippen LogP contribution in [0, 0.1) is 5.92 Å². The highest BCUT2D eigenvalue weighted by atomic mass is 16.3. The Bertz CT molecular complexity index is 621. The van der Waals surface area contributed by atoms with Gasteiger partial charge in [0.1, 0.15) is 0 Å². The first-order valence-corrected chi connectivity index (χ1v) is 7.18. The molecule has 1 saturated carbocycles. The van der Waals surface area contributed by atoms with Gasteiger partial charge in [0, 0.05) is 17.8 Å². The van der Waals surface area contributed by atoms with Crippen molar-refractivity contribution >= 4 is 5.78 Å². The molecular weight excluding hydrogens is 272 g/mol. The molecule has 0 saturated heterocycles. The Kier molecular flexibility index (Phi) is 2.88. The van der Waals surface area contributed by atoms with Gasteiger partial charge in [0.15, 0.2) is 17.3 Å². The Balaban J connectivity index is 2.28. The van der Waals surface area contributed by atoms with Crippen molar-refractivity contribution in [3.63, 3.8) is 0 Å². The van der Waals surface area contributed by atoms with Crippen molar-refractivity contribution in [3.05, 3.63) is 23.3 Å². The maximum atomic E-state index is 12.4. The summed E-state index contributed by atoms with van der Waals surface area (Å²) in [5.41, 5.74) is -1.29. The molecule has 0 aromatic heterocycles. The number of carbonyl (C=O) groups is 1. The molecule has 4 N–H and O–H groups in total. The predicted molar refractivity (Wildman–Crippen MR) is 75.4 cm³/mol. The number of hydrogen-bond donors (Lipinski definition) is 4. The topological polar surface area (TPSA) is 98.0 Å². The fourth-order valence-electron chi connectivity index (χ4n) is 4.18. The number of Topliss-reactive ketones (excluding diaryl/α,β-unsaturated/α-hetero) is 1. The van der Waals surface area contributed by atoms with E-state index in [0.29, 0.717) is 18.4 Å².